The molecule has 1 fully saturated rings. The lowest BCUT2D eigenvalue weighted by molar-refractivity contribution is -0.139. The van der Waals surface area contributed by atoms with Gasteiger partial charge in [0.05, 0.1) is 5.56 Å². The lowest BCUT2D eigenvalue weighted by atomic mass is 10.0. The first-order valence-corrected chi connectivity index (χ1v) is 9.26. The van der Waals surface area contributed by atoms with E-state index in [1.807, 2.05) is 36.1 Å². The van der Waals surface area contributed by atoms with Crippen LogP contribution in [0.3, 0.4) is 0 Å². The highest BCUT2D eigenvalue weighted by Crippen LogP contribution is 2.17. The summed E-state index contributed by atoms with van der Waals surface area (Å²) in [6.07, 6.45) is 4.12. The fourth-order valence-corrected chi connectivity index (χ4v) is 3.21. The molecule has 0 bridgehead atoms. The van der Waals surface area contributed by atoms with Gasteiger partial charge in [0.15, 0.2) is 6.10 Å². The fraction of sp³-hybridized carbons (Fsp3) is 0.381. The van der Waals surface area contributed by atoms with Gasteiger partial charge >= 0.3 is 0 Å². The van der Waals surface area contributed by atoms with Gasteiger partial charge in [-0.3, -0.25) is 14.6 Å². The van der Waals surface area contributed by atoms with Crippen LogP contribution in [0.1, 0.15) is 35.7 Å². The van der Waals surface area contributed by atoms with Crippen molar-refractivity contribution < 1.29 is 14.3 Å². The Bertz CT molecular complexity index is 786. The predicted octanol–water partition coefficient (Wildman–Crippen LogP) is 2.58. The summed E-state index contributed by atoms with van der Waals surface area (Å²) in [5, 5.41) is 3.02. The van der Waals surface area contributed by atoms with E-state index in [0.717, 1.165) is 18.4 Å². The Morgan fingerprint density at radius 2 is 2.00 bits per heavy atom. The maximum Gasteiger partial charge on any atom is 0.263 e. The zero-order valence-corrected chi connectivity index (χ0v) is 15.7. The van der Waals surface area contributed by atoms with Crippen LogP contribution in [0.4, 0.5) is 0 Å². The number of amides is 2. The SMILES string of the molecule is Cc1cccc(OC(C)C(=O)N2CCC(NC(=O)c3cccnc3)CC2)c1. The van der Waals surface area contributed by atoms with Crippen LogP contribution in [-0.2, 0) is 4.79 Å². The Hall–Kier alpha value is -2.89. The summed E-state index contributed by atoms with van der Waals surface area (Å²) in [5.41, 5.74) is 1.65. The molecule has 0 spiro atoms. The Kier molecular flexibility index (Phi) is 6.06. The van der Waals surface area contributed by atoms with E-state index in [9.17, 15) is 9.59 Å². The van der Waals surface area contributed by atoms with Gasteiger partial charge in [0.2, 0.25) is 0 Å². The van der Waals surface area contributed by atoms with Gasteiger partial charge in [-0.2, -0.15) is 0 Å². The molecule has 142 valence electrons. The van der Waals surface area contributed by atoms with E-state index in [2.05, 4.69) is 10.3 Å². The minimum absolute atomic E-state index is 0.0199. The van der Waals surface area contributed by atoms with Crippen molar-refractivity contribution in [2.75, 3.05) is 13.1 Å². The molecule has 1 atom stereocenters. The number of hydrogen-bond acceptors (Lipinski definition) is 4. The van der Waals surface area contributed by atoms with E-state index in [1.54, 1.807) is 31.5 Å². The summed E-state index contributed by atoms with van der Waals surface area (Å²) in [5.74, 6) is 0.562. The molecule has 3 rings (SSSR count). The number of hydrogen-bond donors (Lipinski definition) is 1. The number of pyridine rings is 1. The number of aryl methyl sites for hydroxylation is 1. The van der Waals surface area contributed by atoms with Crippen LogP contribution in [0.2, 0.25) is 0 Å². The molecule has 27 heavy (non-hydrogen) atoms. The molecule has 1 N–H and O–H groups in total. The monoisotopic (exact) mass is 367 g/mol. The summed E-state index contributed by atoms with van der Waals surface area (Å²) in [7, 11) is 0. The van der Waals surface area contributed by atoms with E-state index in [-0.39, 0.29) is 17.9 Å². The third kappa shape index (κ3) is 5.06. The van der Waals surface area contributed by atoms with Gasteiger partial charge in [-0.1, -0.05) is 12.1 Å². The fourth-order valence-electron chi connectivity index (χ4n) is 3.21. The number of carbonyl (C=O) groups excluding carboxylic acids is 2. The molecule has 1 saturated heterocycles. The molecule has 0 aliphatic carbocycles. The van der Waals surface area contributed by atoms with Crippen molar-refractivity contribution in [1.29, 1.82) is 0 Å². The van der Waals surface area contributed by atoms with E-state index in [4.69, 9.17) is 4.74 Å². The van der Waals surface area contributed by atoms with Gasteiger partial charge in [-0.15, -0.1) is 0 Å². The molecule has 1 aromatic heterocycles. The molecule has 6 heteroatoms. The molecule has 1 aliphatic heterocycles. The van der Waals surface area contributed by atoms with E-state index < -0.39 is 6.10 Å². The zero-order chi connectivity index (χ0) is 19.2. The van der Waals surface area contributed by atoms with Crippen LogP contribution >= 0.6 is 0 Å². The largest absolute Gasteiger partial charge is 0.481 e. The number of carbonyl (C=O) groups is 2. The van der Waals surface area contributed by atoms with Crippen molar-refractivity contribution in [1.82, 2.24) is 15.2 Å². The molecule has 1 unspecified atom stereocenters. The average molecular weight is 367 g/mol. The van der Waals surface area contributed by atoms with Gasteiger partial charge < -0.3 is 15.0 Å². The molecule has 2 amide bonds. The first kappa shape index (κ1) is 18.9. The second-order valence-electron chi connectivity index (χ2n) is 6.89. The molecule has 2 aromatic rings. The molecular weight excluding hydrogens is 342 g/mol. The Labute approximate surface area is 159 Å². The van der Waals surface area contributed by atoms with Crippen LogP contribution in [0.25, 0.3) is 0 Å². The second kappa shape index (κ2) is 8.66. The maximum atomic E-state index is 12.6. The lowest BCUT2D eigenvalue weighted by Gasteiger charge is -2.33. The number of piperidine rings is 1. The second-order valence-corrected chi connectivity index (χ2v) is 6.89. The van der Waals surface area contributed by atoms with Gasteiger partial charge in [-0.25, -0.2) is 0 Å². The number of aromatic nitrogens is 1. The van der Waals surface area contributed by atoms with Crippen LogP contribution in [0, 0.1) is 6.92 Å². The first-order chi connectivity index (χ1) is 13.0. The topological polar surface area (TPSA) is 71.5 Å². The quantitative estimate of drug-likeness (QED) is 0.882. The van der Waals surface area contributed by atoms with Crippen molar-refractivity contribution in [2.45, 2.75) is 38.8 Å². The van der Waals surface area contributed by atoms with Crippen molar-refractivity contribution in [3.8, 4) is 5.75 Å². The van der Waals surface area contributed by atoms with Crippen molar-refractivity contribution in [3.05, 3.63) is 59.9 Å². The Morgan fingerprint density at radius 1 is 1.22 bits per heavy atom. The van der Waals surface area contributed by atoms with Gasteiger partial charge in [0, 0.05) is 31.5 Å². The lowest BCUT2D eigenvalue weighted by Crippen LogP contribution is -2.49. The molecule has 1 aromatic carbocycles. The smallest absolute Gasteiger partial charge is 0.263 e. The maximum absolute atomic E-state index is 12.6. The average Bonchev–Trinajstić information content (AvgIpc) is 2.68. The van der Waals surface area contributed by atoms with E-state index >= 15 is 0 Å². The number of rotatable bonds is 5. The van der Waals surface area contributed by atoms with Crippen LogP contribution in [0.15, 0.2) is 48.8 Å². The van der Waals surface area contributed by atoms with Crippen molar-refractivity contribution >= 4 is 11.8 Å². The standard InChI is InChI=1S/C21H25N3O3/c1-15-5-3-7-19(13-15)27-16(2)21(26)24-11-8-18(9-12-24)23-20(25)17-6-4-10-22-14-17/h3-7,10,13-14,16,18H,8-9,11-12H2,1-2H3,(H,23,25). The molecule has 0 saturated carbocycles. The molecule has 1 aliphatic rings. The molecule has 0 radical (unpaired) electrons. The summed E-state index contributed by atoms with van der Waals surface area (Å²) < 4.78 is 5.79. The number of nitrogens with one attached hydrogen (secondary N) is 1. The van der Waals surface area contributed by atoms with Crippen molar-refractivity contribution in [3.63, 3.8) is 0 Å². The third-order valence-electron chi connectivity index (χ3n) is 4.72. The Balaban J connectivity index is 1.48. The number of likely N-dealkylation sites (tertiary alicyclic amines) is 1. The van der Waals surface area contributed by atoms with Gasteiger partial charge in [0.25, 0.3) is 11.8 Å². The number of ether oxygens (including phenoxy) is 1. The number of benzene rings is 1. The van der Waals surface area contributed by atoms with Crippen LogP contribution < -0.4 is 10.1 Å². The minimum atomic E-state index is -0.534. The summed E-state index contributed by atoms with van der Waals surface area (Å²) in [6, 6.07) is 11.2. The van der Waals surface area contributed by atoms with E-state index in [0.29, 0.717) is 24.4 Å². The summed E-state index contributed by atoms with van der Waals surface area (Å²) in [6.45, 7) is 4.99. The normalized spacial score (nSPS) is 15.9. The minimum Gasteiger partial charge on any atom is -0.481 e. The van der Waals surface area contributed by atoms with Crippen LogP contribution in [0.5, 0.6) is 5.75 Å². The van der Waals surface area contributed by atoms with Gasteiger partial charge in [-0.05, 0) is 56.5 Å². The highest BCUT2D eigenvalue weighted by molar-refractivity contribution is 5.94. The van der Waals surface area contributed by atoms with Gasteiger partial charge in [0.1, 0.15) is 5.75 Å². The number of nitrogens with zero attached hydrogens (tertiary/aromatic N) is 2. The highest BCUT2D eigenvalue weighted by Gasteiger charge is 2.27. The zero-order valence-electron chi connectivity index (χ0n) is 15.7. The summed E-state index contributed by atoms with van der Waals surface area (Å²) >= 11 is 0. The molecular formula is C21H25N3O3. The Morgan fingerprint density at radius 3 is 2.67 bits per heavy atom. The van der Waals surface area contributed by atoms with Crippen LogP contribution in [-0.4, -0.2) is 46.9 Å². The summed E-state index contributed by atoms with van der Waals surface area (Å²) in [4.78, 5) is 30.6. The predicted molar refractivity (Wildman–Crippen MR) is 103 cm³/mol. The van der Waals surface area contributed by atoms with Crippen molar-refractivity contribution in [2.24, 2.45) is 0 Å². The first-order valence-electron chi connectivity index (χ1n) is 9.26. The molecule has 6 nitrogen and oxygen atoms in total. The molecule has 2 heterocycles. The van der Waals surface area contributed by atoms with E-state index in [1.165, 1.54) is 0 Å². The third-order valence-corrected chi connectivity index (χ3v) is 4.72. The highest BCUT2D eigenvalue weighted by atomic mass is 16.5.